The summed E-state index contributed by atoms with van der Waals surface area (Å²) < 4.78 is 6.84. The van der Waals surface area contributed by atoms with Crippen molar-refractivity contribution in [2.45, 2.75) is 33.7 Å². The van der Waals surface area contributed by atoms with E-state index in [2.05, 4.69) is 34.4 Å². The molecule has 0 aliphatic carbocycles. The maximum Gasteiger partial charge on any atom is 0.329 e. The first kappa shape index (κ1) is 14.6. The predicted molar refractivity (Wildman–Crippen MR) is 79.2 cm³/mol. The van der Waals surface area contributed by atoms with Crippen LogP contribution in [0.3, 0.4) is 0 Å². The standard InChI is InChI=1S/C14H20N6O2/c1-9-16-12(22-18-9)17-13(21)20-7-10-6-15-19(4)11(10)5-14(2,3)8-20/h6H,5,7-8H2,1-4H3,(H,16,17,18,21). The molecular weight excluding hydrogens is 284 g/mol. The molecule has 1 aliphatic rings. The summed E-state index contributed by atoms with van der Waals surface area (Å²) in [5.41, 5.74) is 2.21. The highest BCUT2D eigenvalue weighted by Crippen LogP contribution is 2.30. The van der Waals surface area contributed by atoms with Crippen molar-refractivity contribution in [2.75, 3.05) is 11.9 Å². The summed E-state index contributed by atoms with van der Waals surface area (Å²) in [5.74, 6) is 0.487. The third kappa shape index (κ3) is 2.81. The zero-order chi connectivity index (χ0) is 15.9. The van der Waals surface area contributed by atoms with E-state index in [0.29, 0.717) is 18.9 Å². The Bertz CT molecular complexity index is 702. The van der Waals surface area contributed by atoms with Crippen molar-refractivity contribution in [3.63, 3.8) is 0 Å². The Balaban J connectivity index is 1.82. The fraction of sp³-hybridized carbons (Fsp3) is 0.571. The van der Waals surface area contributed by atoms with Crippen LogP contribution in [-0.2, 0) is 20.0 Å². The number of aromatic nitrogens is 4. The predicted octanol–water partition coefficient (Wildman–Crippen LogP) is 1.73. The number of urea groups is 1. The monoisotopic (exact) mass is 304 g/mol. The van der Waals surface area contributed by atoms with Crippen LogP contribution >= 0.6 is 0 Å². The van der Waals surface area contributed by atoms with Crippen LogP contribution in [0.2, 0.25) is 0 Å². The van der Waals surface area contributed by atoms with Gasteiger partial charge in [-0.1, -0.05) is 19.0 Å². The fourth-order valence-corrected chi connectivity index (χ4v) is 2.82. The van der Waals surface area contributed by atoms with E-state index >= 15 is 0 Å². The van der Waals surface area contributed by atoms with Gasteiger partial charge in [0.25, 0.3) is 0 Å². The molecule has 8 heteroatoms. The Labute approximate surface area is 128 Å². The van der Waals surface area contributed by atoms with Crippen molar-refractivity contribution < 1.29 is 9.32 Å². The van der Waals surface area contributed by atoms with Crippen molar-refractivity contribution in [3.8, 4) is 0 Å². The van der Waals surface area contributed by atoms with Gasteiger partial charge >= 0.3 is 12.0 Å². The fourth-order valence-electron chi connectivity index (χ4n) is 2.82. The Morgan fingerprint density at radius 1 is 1.45 bits per heavy atom. The summed E-state index contributed by atoms with van der Waals surface area (Å²) in [5, 5.41) is 10.6. The maximum atomic E-state index is 12.5. The molecule has 2 aromatic heterocycles. The number of hydrogen-bond acceptors (Lipinski definition) is 5. The summed E-state index contributed by atoms with van der Waals surface area (Å²) >= 11 is 0. The molecule has 0 saturated carbocycles. The number of carbonyl (C=O) groups is 1. The second kappa shape index (κ2) is 5.11. The van der Waals surface area contributed by atoms with Crippen molar-refractivity contribution in [2.24, 2.45) is 12.5 Å². The van der Waals surface area contributed by atoms with Crippen molar-refractivity contribution in [3.05, 3.63) is 23.3 Å². The minimum atomic E-state index is -0.242. The van der Waals surface area contributed by atoms with E-state index < -0.39 is 0 Å². The highest BCUT2D eigenvalue weighted by molar-refractivity contribution is 5.87. The largest absolute Gasteiger partial charge is 0.329 e. The highest BCUT2D eigenvalue weighted by atomic mass is 16.5. The van der Waals surface area contributed by atoms with Gasteiger partial charge in [0.05, 0.1) is 12.7 Å². The van der Waals surface area contributed by atoms with Gasteiger partial charge in [-0.25, -0.2) is 4.79 Å². The lowest BCUT2D eigenvalue weighted by Gasteiger charge is -2.29. The number of aryl methyl sites for hydroxylation is 2. The second-order valence-corrected chi connectivity index (χ2v) is 6.51. The van der Waals surface area contributed by atoms with Gasteiger partial charge in [-0.3, -0.25) is 10.00 Å². The molecule has 3 heterocycles. The molecule has 8 nitrogen and oxygen atoms in total. The molecular formula is C14H20N6O2. The molecule has 1 aliphatic heterocycles. The first-order chi connectivity index (χ1) is 10.3. The van der Waals surface area contributed by atoms with E-state index in [1.165, 1.54) is 5.69 Å². The van der Waals surface area contributed by atoms with E-state index in [-0.39, 0.29) is 17.5 Å². The van der Waals surface area contributed by atoms with Gasteiger partial charge in [0.1, 0.15) is 0 Å². The first-order valence-electron chi connectivity index (χ1n) is 7.20. The Morgan fingerprint density at radius 3 is 2.91 bits per heavy atom. The molecule has 0 bridgehead atoms. The molecule has 3 rings (SSSR count). The number of rotatable bonds is 1. The third-order valence-electron chi connectivity index (χ3n) is 3.80. The molecule has 2 aromatic rings. The van der Waals surface area contributed by atoms with Crippen LogP contribution in [0.5, 0.6) is 0 Å². The lowest BCUT2D eigenvalue weighted by Crippen LogP contribution is -2.40. The maximum absolute atomic E-state index is 12.5. The van der Waals surface area contributed by atoms with Gasteiger partial charge in [-0.05, 0) is 18.8 Å². The van der Waals surface area contributed by atoms with Gasteiger partial charge in [0.2, 0.25) is 0 Å². The zero-order valence-corrected chi connectivity index (χ0v) is 13.3. The lowest BCUT2D eigenvalue weighted by molar-refractivity contribution is 0.179. The minimum Gasteiger partial charge on any atom is -0.319 e. The van der Waals surface area contributed by atoms with E-state index in [4.69, 9.17) is 4.52 Å². The van der Waals surface area contributed by atoms with Gasteiger partial charge in [0.15, 0.2) is 5.82 Å². The quantitative estimate of drug-likeness (QED) is 0.866. The highest BCUT2D eigenvalue weighted by Gasteiger charge is 2.32. The van der Waals surface area contributed by atoms with Crippen LogP contribution in [0.4, 0.5) is 10.8 Å². The number of hydrogen-bond donors (Lipinski definition) is 1. The third-order valence-corrected chi connectivity index (χ3v) is 3.80. The molecule has 0 spiro atoms. The van der Waals surface area contributed by atoms with Crippen molar-refractivity contribution in [1.29, 1.82) is 0 Å². The molecule has 2 amide bonds. The van der Waals surface area contributed by atoms with Gasteiger partial charge in [-0.15, -0.1) is 0 Å². The normalized spacial score (nSPS) is 17.0. The lowest BCUT2D eigenvalue weighted by atomic mass is 9.87. The Morgan fingerprint density at radius 2 is 2.23 bits per heavy atom. The van der Waals surface area contributed by atoms with Crippen LogP contribution in [0.15, 0.2) is 10.7 Å². The number of nitrogens with zero attached hydrogens (tertiary/aromatic N) is 5. The van der Waals surface area contributed by atoms with Crippen molar-refractivity contribution in [1.82, 2.24) is 24.8 Å². The van der Waals surface area contributed by atoms with E-state index in [1.807, 2.05) is 17.9 Å². The summed E-state index contributed by atoms with van der Waals surface area (Å²) in [7, 11) is 1.94. The number of anilines is 1. The first-order valence-corrected chi connectivity index (χ1v) is 7.20. The Hall–Kier alpha value is -2.38. The van der Waals surface area contributed by atoms with Crippen LogP contribution in [0.1, 0.15) is 30.9 Å². The van der Waals surface area contributed by atoms with Gasteiger partial charge in [0, 0.05) is 24.8 Å². The van der Waals surface area contributed by atoms with Gasteiger partial charge in [-0.2, -0.15) is 10.1 Å². The smallest absolute Gasteiger partial charge is 0.319 e. The molecule has 0 unspecified atom stereocenters. The zero-order valence-electron chi connectivity index (χ0n) is 13.3. The number of fused-ring (bicyclic) bond motifs is 1. The number of carbonyl (C=O) groups excluding carboxylic acids is 1. The Kier molecular flexibility index (Phi) is 3.38. The van der Waals surface area contributed by atoms with Crippen molar-refractivity contribution >= 4 is 12.0 Å². The molecule has 0 fully saturated rings. The molecule has 118 valence electrons. The summed E-state index contributed by atoms with van der Waals surface area (Å²) in [6, 6.07) is -0.121. The molecule has 1 N–H and O–H groups in total. The molecule has 22 heavy (non-hydrogen) atoms. The second-order valence-electron chi connectivity index (χ2n) is 6.51. The molecule has 0 saturated heterocycles. The average Bonchev–Trinajstić information content (AvgIpc) is 2.93. The molecule has 0 radical (unpaired) electrons. The molecule has 0 aromatic carbocycles. The van der Waals surface area contributed by atoms with E-state index in [9.17, 15) is 4.79 Å². The summed E-state index contributed by atoms with van der Waals surface area (Å²) in [6.07, 6.45) is 2.70. The van der Waals surface area contributed by atoms with E-state index in [0.717, 1.165) is 12.0 Å². The van der Waals surface area contributed by atoms with Crippen LogP contribution < -0.4 is 5.32 Å². The SMILES string of the molecule is Cc1noc(NC(=O)N2Cc3cnn(C)c3CC(C)(C)C2)n1. The van der Waals surface area contributed by atoms with Gasteiger partial charge < -0.3 is 9.42 Å². The topological polar surface area (TPSA) is 89.1 Å². The molecule has 0 atom stereocenters. The minimum absolute atomic E-state index is 0.0405. The number of nitrogens with one attached hydrogen (secondary N) is 1. The van der Waals surface area contributed by atoms with E-state index in [1.54, 1.807) is 11.8 Å². The summed E-state index contributed by atoms with van der Waals surface area (Å²) in [4.78, 5) is 18.3. The average molecular weight is 304 g/mol. The summed E-state index contributed by atoms with van der Waals surface area (Å²) in [6.45, 7) is 7.15. The number of amides is 2. The van der Waals surface area contributed by atoms with Crippen LogP contribution in [0, 0.1) is 12.3 Å². The van der Waals surface area contributed by atoms with Crippen LogP contribution in [0.25, 0.3) is 0 Å². The van der Waals surface area contributed by atoms with Crippen LogP contribution in [-0.4, -0.2) is 37.4 Å².